The van der Waals surface area contributed by atoms with Crippen molar-refractivity contribution in [1.82, 2.24) is 19.9 Å². The number of aliphatic hydroxyl groups excluding tert-OH is 2. The number of benzene rings is 2. The molecule has 2 spiro atoms. The van der Waals surface area contributed by atoms with Gasteiger partial charge in [0.25, 0.3) is 0 Å². The Hall–Kier alpha value is -4.76. The molecule has 2 saturated heterocycles. The van der Waals surface area contributed by atoms with Gasteiger partial charge in [0, 0.05) is 61.7 Å². The number of aliphatic hydroxyl groups is 2. The van der Waals surface area contributed by atoms with Crippen LogP contribution in [0.4, 0.5) is 23.5 Å². The van der Waals surface area contributed by atoms with Gasteiger partial charge in [-0.1, -0.05) is 47.5 Å². The molecule has 2 aliphatic heterocycles. The van der Waals surface area contributed by atoms with Crippen LogP contribution in [-0.2, 0) is 31.0 Å². The average Bonchev–Trinajstić information content (AvgIpc) is 4.04. The molecule has 5 N–H and O–H groups in total. The minimum absolute atomic E-state index is 0.0390. The average molecular weight is 806 g/mol. The largest absolute Gasteiger partial charge is 0.477 e. The third-order valence-electron chi connectivity index (χ3n) is 11.1. The van der Waals surface area contributed by atoms with Crippen LogP contribution in [0.3, 0.4) is 0 Å². The fourth-order valence-electron chi connectivity index (χ4n) is 7.25. The molecule has 4 heterocycles. The summed E-state index contributed by atoms with van der Waals surface area (Å²) < 4.78 is 5.16. The fraction of sp³-hybridized carbons (Fsp3) is 0.450. The summed E-state index contributed by atoms with van der Waals surface area (Å²) in [6.45, 7) is 6.39. The maximum atomic E-state index is 12.4. The number of nitrogens with zero attached hydrogens (tertiary/aromatic N) is 6. The molecule has 2 aliphatic carbocycles. The van der Waals surface area contributed by atoms with Crippen molar-refractivity contribution >= 4 is 58.7 Å². The summed E-state index contributed by atoms with van der Waals surface area (Å²) in [6, 6.07) is 10.8. The normalized spacial score (nSPS) is 17.1. The molecule has 4 fully saturated rings. The van der Waals surface area contributed by atoms with Crippen molar-refractivity contribution in [2.24, 2.45) is 10.8 Å². The zero-order valence-corrected chi connectivity index (χ0v) is 32.7. The highest BCUT2D eigenvalue weighted by Gasteiger charge is 2.49. The van der Waals surface area contributed by atoms with E-state index < -0.39 is 11.9 Å². The fourth-order valence-corrected chi connectivity index (χ4v) is 7.77. The van der Waals surface area contributed by atoms with Gasteiger partial charge in [-0.15, -0.1) is 0 Å². The predicted octanol–water partition coefficient (Wildman–Crippen LogP) is 6.32. The van der Waals surface area contributed by atoms with E-state index in [1.807, 2.05) is 12.1 Å². The molecule has 0 unspecified atom stereocenters. The maximum absolute atomic E-state index is 12.4. The Morgan fingerprint density at radius 1 is 0.750 bits per heavy atom. The molecule has 4 aliphatic rings. The molecule has 0 bridgehead atoms. The summed E-state index contributed by atoms with van der Waals surface area (Å²) in [5, 5.41) is 35.2. The molecule has 56 heavy (non-hydrogen) atoms. The number of carbonyl (C=O) groups is 2. The van der Waals surface area contributed by atoms with Gasteiger partial charge < -0.3 is 40.5 Å². The standard InChI is InChI=1S/C21H25ClN4O3.C19H21ClN4O3/c1-2-29-19(28)16-11-24-20(26-8-7-21(13-26)5-6-21)25-18(16)23-10-14-3-4-15(12-27)17(22)9-14;20-15-7-12(1-2-13(15)10-25)8-21-16-14(17(26)27)9-22-18(23-16)24-6-5-19(11-24)3-4-19/h3-4,9,11,27H,2,5-8,10,12-13H2,1H3,(H,23,24,25);1-2,7,9,25H,3-6,8,10-11H2,(H,26,27)(H,21,22,23). The van der Waals surface area contributed by atoms with E-state index in [0.29, 0.717) is 74.2 Å². The van der Waals surface area contributed by atoms with E-state index in [9.17, 15) is 24.9 Å². The van der Waals surface area contributed by atoms with Crippen molar-refractivity contribution < 1.29 is 29.6 Å². The second-order valence-electron chi connectivity index (χ2n) is 15.1. The lowest BCUT2D eigenvalue weighted by Gasteiger charge is -2.18. The molecule has 14 nitrogen and oxygen atoms in total. The van der Waals surface area contributed by atoms with Gasteiger partial charge in [0.1, 0.15) is 22.8 Å². The zero-order chi connectivity index (χ0) is 39.5. The Labute approximate surface area is 335 Å². The van der Waals surface area contributed by atoms with E-state index in [0.717, 1.165) is 43.7 Å². The van der Waals surface area contributed by atoms with Crippen LogP contribution in [0.15, 0.2) is 48.8 Å². The number of esters is 1. The zero-order valence-electron chi connectivity index (χ0n) is 31.2. The lowest BCUT2D eigenvalue weighted by Crippen LogP contribution is -2.24. The van der Waals surface area contributed by atoms with Gasteiger partial charge in [0.05, 0.1) is 19.8 Å². The number of aromatic carboxylic acids is 1. The lowest BCUT2D eigenvalue weighted by atomic mass is 10.1. The van der Waals surface area contributed by atoms with Crippen molar-refractivity contribution in [1.29, 1.82) is 0 Å². The van der Waals surface area contributed by atoms with Gasteiger partial charge in [-0.05, 0) is 90.7 Å². The highest BCUT2D eigenvalue weighted by atomic mass is 35.5. The first kappa shape index (κ1) is 39.5. The number of ether oxygens (including phenoxy) is 1. The van der Waals surface area contributed by atoms with E-state index in [-0.39, 0.29) is 25.4 Å². The van der Waals surface area contributed by atoms with Gasteiger partial charge in [-0.25, -0.2) is 19.6 Å². The second kappa shape index (κ2) is 16.8. The highest BCUT2D eigenvalue weighted by molar-refractivity contribution is 6.31. The van der Waals surface area contributed by atoms with Gasteiger partial charge in [-0.3, -0.25) is 0 Å². The number of halogens is 2. The SMILES string of the molecule is CCOC(=O)c1cnc(N2CCC3(CC3)C2)nc1NCc1ccc(CO)c(Cl)c1.O=C(O)c1cnc(N2CCC3(CC3)C2)nc1NCc1ccc(CO)c(Cl)c1. The molecule has 2 aromatic heterocycles. The summed E-state index contributed by atoms with van der Waals surface area (Å²) in [5.41, 5.74) is 4.36. The minimum Gasteiger partial charge on any atom is -0.477 e. The summed E-state index contributed by atoms with van der Waals surface area (Å²) in [6.07, 6.45) is 10.3. The molecule has 2 aromatic carbocycles. The van der Waals surface area contributed by atoms with E-state index in [4.69, 9.17) is 27.9 Å². The van der Waals surface area contributed by atoms with Crippen molar-refractivity contribution in [2.45, 2.75) is 71.8 Å². The number of carboxylic acid groups (broad SMARTS) is 1. The molecule has 0 amide bonds. The van der Waals surface area contributed by atoms with Crippen LogP contribution in [0, 0.1) is 10.8 Å². The Balaban J connectivity index is 0.000000172. The van der Waals surface area contributed by atoms with Gasteiger partial charge in [0.15, 0.2) is 0 Å². The van der Waals surface area contributed by atoms with Crippen molar-refractivity contribution in [3.63, 3.8) is 0 Å². The van der Waals surface area contributed by atoms with Gasteiger partial charge >= 0.3 is 11.9 Å². The molecule has 2 saturated carbocycles. The van der Waals surface area contributed by atoms with E-state index in [1.54, 1.807) is 37.4 Å². The molecule has 0 radical (unpaired) electrons. The number of aromatic nitrogens is 4. The number of rotatable bonds is 13. The first-order valence-corrected chi connectivity index (χ1v) is 19.7. The smallest absolute Gasteiger partial charge is 0.343 e. The van der Waals surface area contributed by atoms with Crippen LogP contribution in [-0.4, -0.2) is 80.0 Å². The van der Waals surface area contributed by atoms with Crippen LogP contribution in [0.25, 0.3) is 0 Å². The number of carbonyl (C=O) groups excluding carboxylic acids is 1. The van der Waals surface area contributed by atoms with Gasteiger partial charge in [-0.2, -0.15) is 9.97 Å². The van der Waals surface area contributed by atoms with Crippen molar-refractivity contribution in [3.05, 3.63) is 92.2 Å². The summed E-state index contributed by atoms with van der Waals surface area (Å²) in [5.74, 6) is 0.435. The molecule has 4 aromatic rings. The summed E-state index contributed by atoms with van der Waals surface area (Å²) in [4.78, 5) is 46.1. The third kappa shape index (κ3) is 9.10. The summed E-state index contributed by atoms with van der Waals surface area (Å²) >= 11 is 12.3. The number of hydrogen-bond donors (Lipinski definition) is 5. The van der Waals surface area contributed by atoms with Crippen LogP contribution in [0.1, 0.15) is 88.4 Å². The first-order valence-electron chi connectivity index (χ1n) is 18.9. The van der Waals surface area contributed by atoms with E-state index in [1.165, 1.54) is 38.3 Å². The van der Waals surface area contributed by atoms with Crippen molar-refractivity contribution in [2.75, 3.05) is 53.2 Å². The maximum Gasteiger partial charge on any atom is 0.343 e. The Bertz CT molecular complexity index is 2100. The molecule has 8 rings (SSSR count). The quantitative estimate of drug-likeness (QED) is 0.0945. The minimum atomic E-state index is -1.07. The van der Waals surface area contributed by atoms with E-state index >= 15 is 0 Å². The highest BCUT2D eigenvalue weighted by Crippen LogP contribution is 2.54. The van der Waals surface area contributed by atoms with Crippen molar-refractivity contribution in [3.8, 4) is 0 Å². The second-order valence-corrected chi connectivity index (χ2v) is 15.9. The monoisotopic (exact) mass is 804 g/mol. The molecule has 296 valence electrons. The number of anilines is 4. The topological polar surface area (TPSA) is 186 Å². The Kier molecular flexibility index (Phi) is 11.8. The molecular formula is C40H46Cl2N8O6. The lowest BCUT2D eigenvalue weighted by molar-refractivity contribution is 0.0526. The number of nitrogens with one attached hydrogen (secondary N) is 2. The molecule has 16 heteroatoms. The number of carboxylic acids is 1. The van der Waals surface area contributed by atoms with Gasteiger partial charge in [0.2, 0.25) is 11.9 Å². The van der Waals surface area contributed by atoms with Crippen LogP contribution in [0.2, 0.25) is 10.0 Å². The Morgan fingerprint density at radius 3 is 1.61 bits per heavy atom. The third-order valence-corrected chi connectivity index (χ3v) is 11.8. The van der Waals surface area contributed by atoms with Crippen LogP contribution >= 0.6 is 23.2 Å². The molecular weight excluding hydrogens is 759 g/mol. The summed E-state index contributed by atoms with van der Waals surface area (Å²) in [7, 11) is 0. The van der Waals surface area contributed by atoms with Crippen LogP contribution in [0.5, 0.6) is 0 Å². The van der Waals surface area contributed by atoms with Crippen LogP contribution < -0.4 is 20.4 Å². The van der Waals surface area contributed by atoms with E-state index in [2.05, 4.69) is 40.4 Å². The molecule has 0 atom stereocenters. The first-order chi connectivity index (χ1) is 27.0. The predicted molar refractivity (Wildman–Crippen MR) is 213 cm³/mol. The number of hydrogen-bond acceptors (Lipinski definition) is 13. The Morgan fingerprint density at radius 2 is 1.21 bits per heavy atom.